The van der Waals surface area contributed by atoms with Crippen LogP contribution in [0.3, 0.4) is 0 Å². The average Bonchev–Trinajstić information content (AvgIpc) is 3.21. The van der Waals surface area contributed by atoms with Crippen LogP contribution in [-0.2, 0) is 19.6 Å². The molecule has 0 spiro atoms. The van der Waals surface area contributed by atoms with Crippen molar-refractivity contribution in [1.82, 2.24) is 19.8 Å². The molecule has 1 saturated heterocycles. The quantitative estimate of drug-likeness (QED) is 0.666. The lowest BCUT2D eigenvalue weighted by Crippen LogP contribution is -2.42. The molecule has 0 bridgehead atoms. The molecular formula is C17H20FN5O4S2. The van der Waals surface area contributed by atoms with Gasteiger partial charge in [-0.3, -0.25) is 9.59 Å². The van der Waals surface area contributed by atoms with E-state index in [9.17, 15) is 22.4 Å². The van der Waals surface area contributed by atoms with Crippen LogP contribution in [0.15, 0.2) is 34.7 Å². The Morgan fingerprint density at radius 3 is 2.52 bits per heavy atom. The summed E-state index contributed by atoms with van der Waals surface area (Å²) in [6.07, 6.45) is 1.05. The molecule has 2 amide bonds. The zero-order chi connectivity index (χ0) is 20.9. The number of halogens is 1. The van der Waals surface area contributed by atoms with Crippen LogP contribution in [0.25, 0.3) is 0 Å². The Labute approximate surface area is 171 Å². The molecule has 0 unspecified atom stereocenters. The molecule has 2 N–H and O–H groups in total. The number of nitrogens with zero attached hydrogens (tertiary/aromatic N) is 3. The SMILES string of the molecule is O=C(Nc1nncs1)C1CCN(C(=O)CCNS(=O)(=O)c2ccc(F)cc2)CC1. The summed E-state index contributed by atoms with van der Waals surface area (Å²) in [5.41, 5.74) is 1.53. The van der Waals surface area contributed by atoms with Gasteiger partial charge in [0.05, 0.1) is 4.90 Å². The number of hydrogen-bond donors (Lipinski definition) is 2. The van der Waals surface area contributed by atoms with Crippen LogP contribution in [-0.4, -0.2) is 55.0 Å². The fourth-order valence-electron chi connectivity index (χ4n) is 2.97. The Morgan fingerprint density at radius 2 is 1.90 bits per heavy atom. The summed E-state index contributed by atoms with van der Waals surface area (Å²) < 4.78 is 39.5. The summed E-state index contributed by atoms with van der Waals surface area (Å²) in [7, 11) is -3.80. The van der Waals surface area contributed by atoms with E-state index in [1.807, 2.05) is 0 Å². The minimum atomic E-state index is -3.80. The van der Waals surface area contributed by atoms with Crippen molar-refractivity contribution in [3.63, 3.8) is 0 Å². The molecule has 156 valence electrons. The Bertz CT molecular complexity index is 943. The second-order valence-electron chi connectivity index (χ2n) is 6.49. The number of benzene rings is 1. The lowest BCUT2D eigenvalue weighted by atomic mass is 9.96. The molecule has 12 heteroatoms. The largest absolute Gasteiger partial charge is 0.343 e. The molecule has 2 heterocycles. The van der Waals surface area contributed by atoms with Crippen LogP contribution >= 0.6 is 11.3 Å². The van der Waals surface area contributed by atoms with Gasteiger partial charge in [0.2, 0.25) is 27.0 Å². The van der Waals surface area contributed by atoms with Gasteiger partial charge in [0.1, 0.15) is 11.3 Å². The van der Waals surface area contributed by atoms with E-state index in [4.69, 9.17) is 0 Å². The van der Waals surface area contributed by atoms with Crippen molar-refractivity contribution >= 4 is 38.3 Å². The van der Waals surface area contributed by atoms with E-state index in [1.165, 1.54) is 16.8 Å². The fourth-order valence-corrected chi connectivity index (χ4v) is 4.45. The van der Waals surface area contributed by atoms with E-state index in [0.29, 0.717) is 31.1 Å². The molecule has 1 aliphatic heterocycles. The monoisotopic (exact) mass is 441 g/mol. The minimum absolute atomic E-state index is 0.00206. The second kappa shape index (κ2) is 9.37. The number of aromatic nitrogens is 2. The summed E-state index contributed by atoms with van der Waals surface area (Å²) in [5, 5.41) is 10.6. The average molecular weight is 442 g/mol. The van der Waals surface area contributed by atoms with Crippen LogP contribution in [0.2, 0.25) is 0 Å². The highest BCUT2D eigenvalue weighted by Crippen LogP contribution is 2.20. The minimum Gasteiger partial charge on any atom is -0.343 e. The van der Waals surface area contributed by atoms with E-state index in [0.717, 1.165) is 24.3 Å². The van der Waals surface area contributed by atoms with Gasteiger partial charge in [-0.1, -0.05) is 11.3 Å². The number of likely N-dealkylation sites (tertiary alicyclic amines) is 1. The third-order valence-corrected chi connectivity index (χ3v) is 6.65. The van der Waals surface area contributed by atoms with Crippen LogP contribution in [0.5, 0.6) is 0 Å². The van der Waals surface area contributed by atoms with Crippen molar-refractivity contribution in [2.45, 2.75) is 24.2 Å². The molecule has 1 fully saturated rings. The summed E-state index contributed by atoms with van der Waals surface area (Å²) >= 11 is 1.24. The van der Waals surface area contributed by atoms with Gasteiger partial charge in [0.25, 0.3) is 0 Å². The van der Waals surface area contributed by atoms with E-state index in [-0.39, 0.29) is 35.6 Å². The summed E-state index contributed by atoms with van der Waals surface area (Å²) in [6.45, 7) is 0.797. The van der Waals surface area contributed by atoms with Crippen molar-refractivity contribution in [1.29, 1.82) is 0 Å². The first-order chi connectivity index (χ1) is 13.8. The number of sulfonamides is 1. The fraction of sp³-hybridized carbons (Fsp3) is 0.412. The summed E-state index contributed by atoms with van der Waals surface area (Å²) in [5.74, 6) is -1.06. The smallest absolute Gasteiger partial charge is 0.240 e. The highest BCUT2D eigenvalue weighted by atomic mass is 32.2. The van der Waals surface area contributed by atoms with E-state index >= 15 is 0 Å². The number of carbonyl (C=O) groups excluding carboxylic acids is 2. The van der Waals surface area contributed by atoms with Crippen molar-refractivity contribution in [3.8, 4) is 0 Å². The molecule has 0 saturated carbocycles. The van der Waals surface area contributed by atoms with Crippen molar-refractivity contribution in [2.75, 3.05) is 25.0 Å². The highest BCUT2D eigenvalue weighted by Gasteiger charge is 2.27. The molecule has 1 aromatic heterocycles. The number of rotatable bonds is 7. The normalized spacial score (nSPS) is 15.3. The Hall–Kier alpha value is -2.44. The van der Waals surface area contributed by atoms with Gasteiger partial charge in [-0.05, 0) is 37.1 Å². The van der Waals surface area contributed by atoms with E-state index < -0.39 is 15.8 Å². The first-order valence-corrected chi connectivity index (χ1v) is 11.3. The van der Waals surface area contributed by atoms with Gasteiger partial charge in [-0.15, -0.1) is 10.2 Å². The standard InChI is InChI=1S/C17H20FN5O4S2/c18-13-1-3-14(4-2-13)29(26,27)20-8-5-15(24)23-9-6-12(7-10-23)16(25)21-17-22-19-11-28-17/h1-4,11-12,20H,5-10H2,(H,21,22,25). The van der Waals surface area contributed by atoms with Gasteiger partial charge in [-0.2, -0.15) is 0 Å². The van der Waals surface area contributed by atoms with Gasteiger partial charge in [-0.25, -0.2) is 17.5 Å². The Kier molecular flexibility index (Phi) is 6.87. The zero-order valence-electron chi connectivity index (χ0n) is 15.4. The molecule has 29 heavy (non-hydrogen) atoms. The number of carbonyl (C=O) groups is 2. The van der Waals surface area contributed by atoms with E-state index in [1.54, 1.807) is 4.90 Å². The van der Waals surface area contributed by atoms with Gasteiger partial charge < -0.3 is 10.2 Å². The van der Waals surface area contributed by atoms with Crippen molar-refractivity contribution < 1.29 is 22.4 Å². The van der Waals surface area contributed by atoms with Crippen molar-refractivity contribution in [2.24, 2.45) is 5.92 Å². The van der Waals surface area contributed by atoms with Gasteiger partial charge >= 0.3 is 0 Å². The molecule has 2 aromatic rings. The molecule has 0 radical (unpaired) electrons. The van der Waals surface area contributed by atoms with E-state index in [2.05, 4.69) is 20.2 Å². The van der Waals surface area contributed by atoms with Gasteiger partial charge in [0, 0.05) is 32.0 Å². The third kappa shape index (κ3) is 5.78. The maximum atomic E-state index is 12.9. The van der Waals surface area contributed by atoms with Crippen molar-refractivity contribution in [3.05, 3.63) is 35.6 Å². The first-order valence-electron chi connectivity index (χ1n) is 8.95. The number of anilines is 1. The molecule has 1 aliphatic rings. The maximum Gasteiger partial charge on any atom is 0.240 e. The first kappa shape index (κ1) is 21.3. The number of nitrogens with one attached hydrogen (secondary N) is 2. The zero-order valence-corrected chi connectivity index (χ0v) is 17.0. The summed E-state index contributed by atoms with van der Waals surface area (Å²) in [4.78, 5) is 26.1. The second-order valence-corrected chi connectivity index (χ2v) is 9.09. The topological polar surface area (TPSA) is 121 Å². The molecule has 0 aliphatic carbocycles. The Balaban J connectivity index is 1.41. The maximum absolute atomic E-state index is 12.9. The predicted octanol–water partition coefficient (Wildman–Crippen LogP) is 1.22. The molecule has 0 atom stereocenters. The third-order valence-electron chi connectivity index (χ3n) is 4.56. The number of amides is 2. The Morgan fingerprint density at radius 1 is 1.21 bits per heavy atom. The van der Waals surface area contributed by atoms with Crippen LogP contribution in [0, 0.1) is 11.7 Å². The van der Waals surface area contributed by atoms with Crippen LogP contribution in [0.1, 0.15) is 19.3 Å². The summed E-state index contributed by atoms with van der Waals surface area (Å²) in [6, 6.07) is 4.45. The lowest BCUT2D eigenvalue weighted by molar-refractivity contribution is -0.134. The van der Waals surface area contributed by atoms with Crippen LogP contribution in [0.4, 0.5) is 9.52 Å². The van der Waals surface area contributed by atoms with Crippen LogP contribution < -0.4 is 10.0 Å². The molecule has 9 nitrogen and oxygen atoms in total. The molecule has 1 aromatic carbocycles. The predicted molar refractivity (Wildman–Crippen MR) is 104 cm³/mol. The molecule has 3 rings (SSSR count). The number of piperidine rings is 1. The van der Waals surface area contributed by atoms with Gasteiger partial charge in [0.15, 0.2) is 0 Å². The lowest BCUT2D eigenvalue weighted by Gasteiger charge is -2.31. The highest BCUT2D eigenvalue weighted by molar-refractivity contribution is 7.89. The number of hydrogen-bond acceptors (Lipinski definition) is 7. The molecular weight excluding hydrogens is 421 g/mol.